The van der Waals surface area contributed by atoms with E-state index in [1.54, 1.807) is 0 Å². The lowest BCUT2D eigenvalue weighted by Gasteiger charge is -2.33. The van der Waals surface area contributed by atoms with E-state index in [1.165, 1.54) is 16.7 Å². The lowest BCUT2D eigenvalue weighted by Crippen LogP contribution is -2.95. The first-order valence-electron chi connectivity index (χ1n) is 8.50. The topological polar surface area (TPSA) is 36.8 Å². The molecule has 0 spiro atoms. The fourth-order valence-corrected chi connectivity index (χ4v) is 3.37. The highest BCUT2D eigenvalue weighted by Gasteiger charge is 2.39. The molecule has 0 radical (unpaired) electrons. The smallest absolute Gasteiger partial charge is 0.173 e. The van der Waals surface area contributed by atoms with E-state index in [9.17, 15) is 5.11 Å². The van der Waals surface area contributed by atoms with E-state index in [-0.39, 0.29) is 12.1 Å². The molecule has 0 unspecified atom stereocenters. The van der Waals surface area contributed by atoms with E-state index in [2.05, 4.69) is 96.3 Å². The number of hydrogen-bond donors (Lipinski definition) is 2. The minimum Gasteiger partial charge on any atom is -0.396 e. The zero-order chi connectivity index (χ0) is 16.7. The van der Waals surface area contributed by atoms with Gasteiger partial charge in [0.25, 0.3) is 0 Å². The fraction of sp³-hybridized carbons (Fsp3) is 0.182. The van der Waals surface area contributed by atoms with Gasteiger partial charge in [-0.05, 0) is 0 Å². The Hall–Kier alpha value is -2.42. The molecule has 0 saturated heterocycles. The molecule has 0 atom stereocenters. The number of benzene rings is 3. The average molecular weight is 318 g/mol. The minimum absolute atomic E-state index is 0.213. The Kier molecular flexibility index (Phi) is 5.42. The van der Waals surface area contributed by atoms with Crippen molar-refractivity contribution in [1.82, 2.24) is 0 Å². The summed E-state index contributed by atoms with van der Waals surface area (Å²) in [6.07, 6.45) is 0.772. The molecule has 0 heterocycles. The van der Waals surface area contributed by atoms with Gasteiger partial charge in [0, 0.05) is 29.7 Å². The predicted octanol–water partition coefficient (Wildman–Crippen LogP) is 2.92. The van der Waals surface area contributed by atoms with Gasteiger partial charge in [0.05, 0.1) is 6.54 Å². The minimum atomic E-state index is -0.307. The van der Waals surface area contributed by atoms with Crippen LogP contribution < -0.4 is 5.32 Å². The summed E-state index contributed by atoms with van der Waals surface area (Å²) in [6.45, 7) is 1.07. The van der Waals surface area contributed by atoms with Crippen LogP contribution in [0.25, 0.3) is 0 Å². The molecule has 2 nitrogen and oxygen atoms in total. The van der Waals surface area contributed by atoms with Crippen LogP contribution in [0, 0.1) is 0 Å². The molecule has 3 rings (SSSR count). The van der Waals surface area contributed by atoms with Crippen LogP contribution in [0.4, 0.5) is 0 Å². The summed E-state index contributed by atoms with van der Waals surface area (Å²) in [5.74, 6) is 0. The van der Waals surface area contributed by atoms with Gasteiger partial charge in [-0.3, -0.25) is 0 Å². The van der Waals surface area contributed by atoms with Crippen LogP contribution in [-0.2, 0) is 5.54 Å². The standard InChI is InChI=1S/C22H23NO/c24-18-10-17-23-22(19-11-4-1-5-12-19,20-13-6-2-7-14-20)21-15-8-3-9-16-21/h1-9,11-16,23-24H,10,17-18H2/p+1. The summed E-state index contributed by atoms with van der Waals surface area (Å²) in [6, 6.07) is 31.9. The van der Waals surface area contributed by atoms with Crippen LogP contribution in [0.15, 0.2) is 91.0 Å². The fourth-order valence-electron chi connectivity index (χ4n) is 3.37. The largest absolute Gasteiger partial charge is 0.396 e. The molecule has 3 N–H and O–H groups in total. The zero-order valence-corrected chi connectivity index (χ0v) is 13.8. The van der Waals surface area contributed by atoms with Crippen molar-refractivity contribution in [2.24, 2.45) is 0 Å². The van der Waals surface area contributed by atoms with Crippen molar-refractivity contribution in [2.45, 2.75) is 12.0 Å². The van der Waals surface area contributed by atoms with Crippen LogP contribution in [-0.4, -0.2) is 18.3 Å². The van der Waals surface area contributed by atoms with Gasteiger partial charge >= 0.3 is 0 Å². The van der Waals surface area contributed by atoms with Gasteiger partial charge in [0.1, 0.15) is 0 Å². The number of hydrogen-bond acceptors (Lipinski definition) is 1. The molecule has 3 aromatic carbocycles. The Morgan fingerprint density at radius 2 is 1.00 bits per heavy atom. The molecule has 0 aromatic heterocycles. The Bertz CT molecular complexity index is 629. The number of aliphatic hydroxyl groups excluding tert-OH is 1. The van der Waals surface area contributed by atoms with Gasteiger partial charge < -0.3 is 10.4 Å². The van der Waals surface area contributed by atoms with Crippen molar-refractivity contribution in [2.75, 3.05) is 13.2 Å². The Morgan fingerprint density at radius 3 is 1.33 bits per heavy atom. The van der Waals surface area contributed by atoms with E-state index in [0.29, 0.717) is 0 Å². The summed E-state index contributed by atoms with van der Waals surface area (Å²) in [4.78, 5) is 0. The number of quaternary nitrogens is 1. The number of nitrogens with two attached hydrogens (primary N) is 1. The summed E-state index contributed by atoms with van der Waals surface area (Å²) >= 11 is 0. The van der Waals surface area contributed by atoms with Crippen molar-refractivity contribution < 1.29 is 10.4 Å². The second kappa shape index (κ2) is 7.91. The molecule has 0 saturated carbocycles. The van der Waals surface area contributed by atoms with E-state index >= 15 is 0 Å². The van der Waals surface area contributed by atoms with Crippen molar-refractivity contribution in [3.05, 3.63) is 108 Å². The third-order valence-electron chi connectivity index (χ3n) is 4.50. The molecule has 0 aliphatic rings. The molecule has 24 heavy (non-hydrogen) atoms. The zero-order valence-electron chi connectivity index (χ0n) is 13.8. The van der Waals surface area contributed by atoms with Gasteiger partial charge in [-0.15, -0.1) is 0 Å². The summed E-state index contributed by atoms with van der Waals surface area (Å²) < 4.78 is 0. The Morgan fingerprint density at radius 1 is 0.625 bits per heavy atom. The molecular formula is C22H24NO+. The summed E-state index contributed by atoms with van der Waals surface area (Å²) in [5.41, 5.74) is 3.44. The highest BCUT2D eigenvalue weighted by atomic mass is 16.3. The average Bonchev–Trinajstić information content (AvgIpc) is 2.68. The maximum Gasteiger partial charge on any atom is 0.173 e. The maximum atomic E-state index is 9.25. The molecular weight excluding hydrogens is 294 g/mol. The molecule has 0 aliphatic heterocycles. The van der Waals surface area contributed by atoms with E-state index < -0.39 is 0 Å². The van der Waals surface area contributed by atoms with E-state index in [0.717, 1.165) is 13.0 Å². The highest BCUT2D eigenvalue weighted by molar-refractivity contribution is 5.46. The van der Waals surface area contributed by atoms with Crippen LogP contribution in [0.2, 0.25) is 0 Å². The molecule has 0 amide bonds. The number of rotatable bonds is 7. The van der Waals surface area contributed by atoms with Crippen LogP contribution in [0.5, 0.6) is 0 Å². The second-order valence-electron chi connectivity index (χ2n) is 5.98. The molecule has 2 heteroatoms. The molecule has 0 aliphatic carbocycles. The van der Waals surface area contributed by atoms with E-state index in [4.69, 9.17) is 0 Å². The van der Waals surface area contributed by atoms with Crippen LogP contribution >= 0.6 is 0 Å². The first-order valence-corrected chi connectivity index (χ1v) is 8.50. The summed E-state index contributed by atoms with van der Waals surface area (Å²) in [5, 5.41) is 11.6. The first kappa shape index (κ1) is 16.4. The van der Waals surface area contributed by atoms with Crippen molar-refractivity contribution in [3.63, 3.8) is 0 Å². The van der Waals surface area contributed by atoms with Gasteiger partial charge in [-0.25, -0.2) is 0 Å². The van der Waals surface area contributed by atoms with Crippen molar-refractivity contribution >= 4 is 0 Å². The first-order chi connectivity index (χ1) is 11.9. The van der Waals surface area contributed by atoms with Gasteiger partial charge in [-0.2, -0.15) is 0 Å². The van der Waals surface area contributed by atoms with Crippen LogP contribution in [0.3, 0.4) is 0 Å². The van der Waals surface area contributed by atoms with Gasteiger partial charge in [0.2, 0.25) is 0 Å². The molecule has 0 bridgehead atoms. The van der Waals surface area contributed by atoms with Gasteiger partial charge in [-0.1, -0.05) is 91.0 Å². The maximum absolute atomic E-state index is 9.25. The third-order valence-corrected chi connectivity index (χ3v) is 4.50. The normalized spacial score (nSPS) is 11.4. The van der Waals surface area contributed by atoms with Crippen LogP contribution in [0.1, 0.15) is 23.1 Å². The van der Waals surface area contributed by atoms with Crippen molar-refractivity contribution in [3.8, 4) is 0 Å². The van der Waals surface area contributed by atoms with E-state index in [1.807, 2.05) is 0 Å². The highest BCUT2D eigenvalue weighted by Crippen LogP contribution is 2.32. The number of aliphatic hydroxyl groups is 1. The quantitative estimate of drug-likeness (QED) is 0.510. The second-order valence-corrected chi connectivity index (χ2v) is 5.98. The molecule has 3 aromatic rings. The Labute approximate surface area is 143 Å². The molecule has 0 fully saturated rings. The Balaban J connectivity index is 2.20. The van der Waals surface area contributed by atoms with Gasteiger partial charge in [0.15, 0.2) is 5.54 Å². The monoisotopic (exact) mass is 318 g/mol. The third kappa shape index (κ3) is 3.25. The lowest BCUT2D eigenvalue weighted by molar-refractivity contribution is -0.717. The molecule has 122 valence electrons. The summed E-state index contributed by atoms with van der Waals surface area (Å²) in [7, 11) is 0. The van der Waals surface area contributed by atoms with Crippen molar-refractivity contribution in [1.29, 1.82) is 0 Å². The SMILES string of the molecule is OCCC[NH2+]C(c1ccccc1)(c1ccccc1)c1ccccc1. The predicted molar refractivity (Wildman–Crippen MR) is 97.7 cm³/mol. The lowest BCUT2D eigenvalue weighted by atomic mass is 9.77.